The summed E-state index contributed by atoms with van der Waals surface area (Å²) in [6, 6.07) is 10.5. The average Bonchev–Trinajstić information content (AvgIpc) is 2.94. The molecule has 0 fully saturated rings. The highest BCUT2D eigenvalue weighted by atomic mass is 35.5. The molecule has 1 heterocycles. The number of imidazole rings is 1. The van der Waals surface area contributed by atoms with Crippen LogP contribution in [0.5, 0.6) is 5.75 Å². The highest BCUT2D eigenvalue weighted by Gasteiger charge is 2.14. The molecule has 6 heteroatoms. The molecule has 0 unspecified atom stereocenters. The molecular formula is C17H16ClN3O2. The molecule has 1 aromatic heterocycles. The van der Waals surface area contributed by atoms with Crippen LogP contribution < -0.4 is 10.1 Å². The second-order valence-electron chi connectivity index (χ2n) is 5.16. The van der Waals surface area contributed by atoms with Crippen LogP contribution >= 0.6 is 11.6 Å². The smallest absolute Gasteiger partial charge is 0.251 e. The molecule has 0 saturated carbocycles. The van der Waals surface area contributed by atoms with Crippen LogP contribution in [0, 0.1) is 0 Å². The maximum atomic E-state index is 12.3. The monoisotopic (exact) mass is 329 g/mol. The quantitative estimate of drug-likeness (QED) is 0.800. The van der Waals surface area contributed by atoms with Gasteiger partial charge in [0, 0.05) is 29.7 Å². The summed E-state index contributed by atoms with van der Waals surface area (Å²) in [5.41, 5.74) is 3.27. The van der Waals surface area contributed by atoms with Gasteiger partial charge in [-0.2, -0.15) is 0 Å². The Morgan fingerprint density at radius 2 is 2.00 bits per heavy atom. The van der Waals surface area contributed by atoms with Crippen LogP contribution in [0.25, 0.3) is 11.0 Å². The number of carbonyl (C=O) groups excluding carboxylic acids is 1. The first-order chi connectivity index (χ1) is 11.1. The van der Waals surface area contributed by atoms with Crippen LogP contribution in [-0.2, 0) is 13.6 Å². The first kappa shape index (κ1) is 15.4. The van der Waals surface area contributed by atoms with Gasteiger partial charge in [-0.05, 0) is 36.4 Å². The lowest BCUT2D eigenvalue weighted by Crippen LogP contribution is -2.23. The van der Waals surface area contributed by atoms with Crippen LogP contribution in [0.1, 0.15) is 15.9 Å². The van der Waals surface area contributed by atoms with E-state index in [9.17, 15) is 4.79 Å². The van der Waals surface area contributed by atoms with E-state index in [1.54, 1.807) is 37.7 Å². The van der Waals surface area contributed by atoms with Gasteiger partial charge >= 0.3 is 0 Å². The number of benzene rings is 2. The number of nitrogens with zero attached hydrogens (tertiary/aromatic N) is 2. The number of aromatic nitrogens is 2. The first-order valence-electron chi connectivity index (χ1n) is 7.11. The summed E-state index contributed by atoms with van der Waals surface area (Å²) in [7, 11) is 3.53. The van der Waals surface area contributed by atoms with E-state index in [0.717, 1.165) is 22.3 Å². The average molecular weight is 330 g/mol. The predicted molar refractivity (Wildman–Crippen MR) is 89.9 cm³/mol. The Morgan fingerprint density at radius 3 is 2.70 bits per heavy atom. The Morgan fingerprint density at radius 1 is 1.26 bits per heavy atom. The Kier molecular flexibility index (Phi) is 4.21. The lowest BCUT2D eigenvalue weighted by atomic mass is 10.1. The normalized spacial score (nSPS) is 10.7. The van der Waals surface area contributed by atoms with Gasteiger partial charge in [0.05, 0.1) is 24.5 Å². The van der Waals surface area contributed by atoms with Gasteiger partial charge in [0.1, 0.15) is 5.75 Å². The Bertz CT molecular complexity index is 856. The molecule has 1 amide bonds. The number of fused-ring (bicyclic) bond motifs is 1. The fraction of sp³-hybridized carbons (Fsp3) is 0.176. The number of nitrogens with one attached hydrogen (secondary N) is 1. The van der Waals surface area contributed by atoms with Crippen LogP contribution in [0.15, 0.2) is 42.7 Å². The van der Waals surface area contributed by atoms with Gasteiger partial charge in [0.25, 0.3) is 5.91 Å². The van der Waals surface area contributed by atoms with E-state index < -0.39 is 0 Å². The third-order valence-electron chi connectivity index (χ3n) is 3.69. The molecule has 0 aliphatic heterocycles. The first-order valence-corrected chi connectivity index (χ1v) is 7.48. The van der Waals surface area contributed by atoms with E-state index in [4.69, 9.17) is 16.3 Å². The van der Waals surface area contributed by atoms with Crippen molar-refractivity contribution in [2.24, 2.45) is 7.05 Å². The molecule has 0 aliphatic carbocycles. The Balaban J connectivity index is 1.87. The molecule has 3 aromatic rings. The van der Waals surface area contributed by atoms with Crippen LogP contribution in [0.3, 0.4) is 0 Å². The van der Waals surface area contributed by atoms with Gasteiger partial charge in [-0.15, -0.1) is 0 Å². The van der Waals surface area contributed by atoms with E-state index >= 15 is 0 Å². The van der Waals surface area contributed by atoms with Crippen molar-refractivity contribution in [3.05, 3.63) is 58.9 Å². The minimum Gasteiger partial charge on any atom is -0.496 e. The van der Waals surface area contributed by atoms with Gasteiger partial charge in [-0.3, -0.25) is 4.79 Å². The zero-order valence-electron chi connectivity index (χ0n) is 12.8. The fourth-order valence-corrected chi connectivity index (χ4v) is 2.67. The predicted octanol–water partition coefficient (Wildman–Crippen LogP) is 3.17. The number of aryl methyl sites for hydroxylation is 1. The van der Waals surface area contributed by atoms with E-state index in [2.05, 4.69) is 10.3 Å². The lowest BCUT2D eigenvalue weighted by molar-refractivity contribution is 0.0951. The minimum atomic E-state index is -0.164. The van der Waals surface area contributed by atoms with Crippen molar-refractivity contribution in [2.45, 2.75) is 6.54 Å². The van der Waals surface area contributed by atoms with Gasteiger partial charge in [-0.1, -0.05) is 11.6 Å². The van der Waals surface area contributed by atoms with Gasteiger partial charge < -0.3 is 14.6 Å². The third kappa shape index (κ3) is 3.00. The van der Waals surface area contributed by atoms with E-state index in [0.29, 0.717) is 17.1 Å². The molecule has 5 nitrogen and oxygen atoms in total. The van der Waals surface area contributed by atoms with Crippen LogP contribution in [0.4, 0.5) is 0 Å². The van der Waals surface area contributed by atoms with Gasteiger partial charge in [0.2, 0.25) is 0 Å². The zero-order valence-corrected chi connectivity index (χ0v) is 13.6. The van der Waals surface area contributed by atoms with Crippen molar-refractivity contribution in [2.75, 3.05) is 7.11 Å². The van der Waals surface area contributed by atoms with E-state index in [1.165, 1.54) is 0 Å². The largest absolute Gasteiger partial charge is 0.496 e. The van der Waals surface area contributed by atoms with Crippen molar-refractivity contribution in [3.63, 3.8) is 0 Å². The third-order valence-corrected chi connectivity index (χ3v) is 3.95. The number of rotatable bonds is 4. The molecule has 23 heavy (non-hydrogen) atoms. The van der Waals surface area contributed by atoms with Gasteiger partial charge in [0.15, 0.2) is 0 Å². The van der Waals surface area contributed by atoms with E-state index in [-0.39, 0.29) is 5.91 Å². The standard InChI is InChI=1S/C17H16ClN3O2/c1-21-10-20-14-7-8-15(23-2)13(16(14)21)9-19-17(22)11-3-5-12(18)6-4-11/h3-8,10H,9H2,1-2H3,(H,19,22). The number of ether oxygens (including phenoxy) is 1. The van der Waals surface area contributed by atoms with Crippen LogP contribution in [0.2, 0.25) is 5.02 Å². The molecule has 0 radical (unpaired) electrons. The molecule has 3 rings (SSSR count). The lowest BCUT2D eigenvalue weighted by Gasteiger charge is -2.12. The molecule has 1 N–H and O–H groups in total. The highest BCUT2D eigenvalue weighted by molar-refractivity contribution is 6.30. The van der Waals surface area contributed by atoms with Crippen molar-refractivity contribution in [1.29, 1.82) is 0 Å². The molecule has 0 spiro atoms. The molecule has 2 aromatic carbocycles. The number of amides is 1. The number of hydrogen-bond donors (Lipinski definition) is 1. The van der Waals surface area contributed by atoms with Crippen molar-refractivity contribution < 1.29 is 9.53 Å². The van der Waals surface area contributed by atoms with E-state index in [1.807, 2.05) is 23.7 Å². The fourth-order valence-electron chi connectivity index (χ4n) is 2.54. The highest BCUT2D eigenvalue weighted by Crippen LogP contribution is 2.27. The second kappa shape index (κ2) is 6.30. The van der Waals surface area contributed by atoms with Crippen molar-refractivity contribution >= 4 is 28.5 Å². The number of halogens is 1. The van der Waals surface area contributed by atoms with Crippen molar-refractivity contribution in [3.8, 4) is 5.75 Å². The molecule has 118 valence electrons. The SMILES string of the molecule is COc1ccc2ncn(C)c2c1CNC(=O)c1ccc(Cl)cc1. The molecule has 0 saturated heterocycles. The Hall–Kier alpha value is -2.53. The van der Waals surface area contributed by atoms with Gasteiger partial charge in [-0.25, -0.2) is 4.98 Å². The summed E-state index contributed by atoms with van der Waals surface area (Å²) >= 11 is 5.84. The maximum Gasteiger partial charge on any atom is 0.251 e. The molecule has 0 aliphatic rings. The minimum absolute atomic E-state index is 0.164. The topological polar surface area (TPSA) is 56.1 Å². The number of carbonyl (C=O) groups is 1. The summed E-state index contributed by atoms with van der Waals surface area (Å²) in [5, 5.41) is 3.52. The van der Waals surface area contributed by atoms with Crippen molar-refractivity contribution in [1.82, 2.24) is 14.9 Å². The second-order valence-corrected chi connectivity index (χ2v) is 5.60. The summed E-state index contributed by atoms with van der Waals surface area (Å²) in [4.78, 5) is 16.6. The number of methoxy groups -OCH3 is 1. The number of hydrogen-bond acceptors (Lipinski definition) is 3. The Labute approximate surface area is 138 Å². The maximum absolute atomic E-state index is 12.3. The summed E-state index contributed by atoms with van der Waals surface area (Å²) < 4.78 is 7.34. The molecule has 0 bridgehead atoms. The molecule has 0 atom stereocenters. The summed E-state index contributed by atoms with van der Waals surface area (Å²) in [5.74, 6) is 0.556. The summed E-state index contributed by atoms with van der Waals surface area (Å²) in [6.45, 7) is 0.349. The molecular weight excluding hydrogens is 314 g/mol. The summed E-state index contributed by atoms with van der Waals surface area (Å²) in [6.07, 6.45) is 1.74. The van der Waals surface area contributed by atoms with Crippen LogP contribution in [-0.4, -0.2) is 22.6 Å². The zero-order chi connectivity index (χ0) is 16.4.